The minimum absolute atomic E-state index is 0.0805. The molecule has 1 N–H and O–H groups in total. The fraction of sp³-hybridized carbons (Fsp3) is 0.286. The highest BCUT2D eigenvalue weighted by Crippen LogP contribution is 2.25. The summed E-state index contributed by atoms with van der Waals surface area (Å²) in [6, 6.07) is 14.9. The molecule has 6 nitrogen and oxygen atoms in total. The molecule has 27 heavy (non-hydrogen) atoms. The van der Waals surface area contributed by atoms with Gasteiger partial charge in [0.15, 0.2) is 0 Å². The van der Waals surface area contributed by atoms with Gasteiger partial charge in [-0.15, -0.1) is 0 Å². The molecule has 1 saturated heterocycles. The molecular weight excluding hydrogens is 342 g/mol. The monoisotopic (exact) mass is 363 g/mol. The summed E-state index contributed by atoms with van der Waals surface area (Å²) in [4.78, 5) is 40.2. The third-order valence-corrected chi connectivity index (χ3v) is 5.19. The lowest BCUT2D eigenvalue weighted by molar-refractivity contribution is -0.120. The number of hydrogen-bond donors (Lipinski definition) is 1. The molecule has 6 heteroatoms. The summed E-state index contributed by atoms with van der Waals surface area (Å²) < 4.78 is 0. The Hall–Kier alpha value is -3.15. The molecule has 0 bridgehead atoms. The van der Waals surface area contributed by atoms with Gasteiger partial charge in [-0.25, -0.2) is 4.79 Å². The average Bonchev–Trinajstić information content (AvgIpc) is 2.90. The van der Waals surface area contributed by atoms with Crippen LogP contribution in [0.2, 0.25) is 0 Å². The number of fused-ring (bicyclic) bond motifs is 1. The molecule has 0 unspecified atom stereocenters. The van der Waals surface area contributed by atoms with Crippen LogP contribution in [0.5, 0.6) is 0 Å². The van der Waals surface area contributed by atoms with Crippen molar-refractivity contribution in [1.82, 2.24) is 10.2 Å². The molecule has 0 radical (unpaired) electrons. The number of benzene rings is 2. The number of rotatable bonds is 2. The first-order chi connectivity index (χ1) is 13.1. The van der Waals surface area contributed by atoms with Crippen molar-refractivity contribution < 1.29 is 14.4 Å². The summed E-state index contributed by atoms with van der Waals surface area (Å²) in [5.41, 5.74) is 3.62. The minimum Gasteiger partial charge on any atom is -0.338 e. The molecule has 0 aliphatic carbocycles. The van der Waals surface area contributed by atoms with Gasteiger partial charge in [0.1, 0.15) is 0 Å². The predicted octanol–water partition coefficient (Wildman–Crippen LogP) is 2.37. The zero-order chi connectivity index (χ0) is 18.8. The average molecular weight is 363 g/mol. The maximum Gasteiger partial charge on any atom is 0.328 e. The molecule has 138 valence electrons. The van der Waals surface area contributed by atoms with Gasteiger partial charge in [0, 0.05) is 26.1 Å². The van der Waals surface area contributed by atoms with Gasteiger partial charge in [0.2, 0.25) is 5.91 Å². The highest BCUT2D eigenvalue weighted by molar-refractivity contribution is 6.09. The normalized spacial score (nSPS) is 17.2. The van der Waals surface area contributed by atoms with E-state index in [-0.39, 0.29) is 24.8 Å². The topological polar surface area (TPSA) is 69.7 Å². The van der Waals surface area contributed by atoms with Crippen LogP contribution in [0.15, 0.2) is 48.5 Å². The number of carbonyl (C=O) groups is 3. The quantitative estimate of drug-likeness (QED) is 0.891. The van der Waals surface area contributed by atoms with Crippen molar-refractivity contribution >= 4 is 23.5 Å². The molecule has 2 heterocycles. The molecule has 0 spiro atoms. The second-order valence-electron chi connectivity index (χ2n) is 6.83. The molecule has 0 atom stereocenters. The summed E-state index contributed by atoms with van der Waals surface area (Å²) in [6.45, 7) is 1.57. The lowest BCUT2D eigenvalue weighted by Crippen LogP contribution is -2.50. The fourth-order valence-corrected chi connectivity index (χ4v) is 3.73. The molecule has 2 aromatic rings. The molecular formula is C21H21N3O3. The van der Waals surface area contributed by atoms with Crippen LogP contribution in [-0.4, -0.2) is 42.4 Å². The number of amides is 4. The van der Waals surface area contributed by atoms with E-state index in [1.54, 1.807) is 24.3 Å². The zero-order valence-corrected chi connectivity index (χ0v) is 15.0. The van der Waals surface area contributed by atoms with Gasteiger partial charge in [-0.2, -0.15) is 0 Å². The van der Waals surface area contributed by atoms with Crippen LogP contribution >= 0.6 is 0 Å². The van der Waals surface area contributed by atoms with Crippen molar-refractivity contribution in [2.45, 2.75) is 19.3 Å². The van der Waals surface area contributed by atoms with Crippen LogP contribution in [0.3, 0.4) is 0 Å². The maximum atomic E-state index is 13.2. The number of carbonyl (C=O) groups excluding carboxylic acids is 3. The van der Waals surface area contributed by atoms with E-state index in [1.165, 1.54) is 16.0 Å². The third kappa shape index (κ3) is 3.43. The minimum atomic E-state index is -0.477. The Morgan fingerprint density at radius 3 is 2.11 bits per heavy atom. The van der Waals surface area contributed by atoms with Crippen molar-refractivity contribution in [1.29, 1.82) is 0 Å². The fourth-order valence-electron chi connectivity index (χ4n) is 3.73. The van der Waals surface area contributed by atoms with Gasteiger partial charge in [-0.05, 0) is 36.1 Å². The summed E-state index contributed by atoms with van der Waals surface area (Å²) in [6.07, 6.45) is 1.87. The Morgan fingerprint density at radius 1 is 0.815 bits per heavy atom. The van der Waals surface area contributed by atoms with Gasteiger partial charge in [-0.1, -0.05) is 36.4 Å². The summed E-state index contributed by atoms with van der Waals surface area (Å²) in [5.74, 6) is -0.367. The van der Waals surface area contributed by atoms with Crippen molar-refractivity contribution in [3.8, 4) is 0 Å². The van der Waals surface area contributed by atoms with Gasteiger partial charge in [-0.3, -0.25) is 19.8 Å². The predicted molar refractivity (Wildman–Crippen MR) is 102 cm³/mol. The zero-order valence-electron chi connectivity index (χ0n) is 15.0. The largest absolute Gasteiger partial charge is 0.338 e. The molecule has 0 saturated carbocycles. The second kappa shape index (κ2) is 7.23. The number of para-hydroxylation sites is 1. The molecule has 1 fully saturated rings. The van der Waals surface area contributed by atoms with Gasteiger partial charge >= 0.3 is 6.03 Å². The van der Waals surface area contributed by atoms with Crippen molar-refractivity contribution in [3.05, 3.63) is 65.2 Å². The van der Waals surface area contributed by atoms with E-state index in [0.29, 0.717) is 24.3 Å². The van der Waals surface area contributed by atoms with E-state index < -0.39 is 6.03 Å². The first-order valence-electron chi connectivity index (χ1n) is 9.20. The SMILES string of the molecule is O=C1CCN(c2ccccc2C(=O)N2CCc3ccccc3CC2)C(=O)N1. The van der Waals surface area contributed by atoms with Crippen LogP contribution in [-0.2, 0) is 17.6 Å². The van der Waals surface area contributed by atoms with Crippen molar-refractivity contribution in [2.24, 2.45) is 0 Å². The number of urea groups is 1. The first kappa shape index (κ1) is 17.3. The van der Waals surface area contributed by atoms with Crippen molar-refractivity contribution in [2.75, 3.05) is 24.5 Å². The van der Waals surface area contributed by atoms with Crippen LogP contribution < -0.4 is 10.2 Å². The van der Waals surface area contributed by atoms with Crippen LogP contribution in [0.4, 0.5) is 10.5 Å². The Morgan fingerprint density at radius 2 is 1.44 bits per heavy atom. The molecule has 0 aromatic heterocycles. The van der Waals surface area contributed by atoms with E-state index in [1.807, 2.05) is 17.0 Å². The van der Waals surface area contributed by atoms with Gasteiger partial charge in [0.25, 0.3) is 5.91 Å². The molecule has 2 aliphatic rings. The maximum absolute atomic E-state index is 13.2. The van der Waals surface area contributed by atoms with E-state index in [9.17, 15) is 14.4 Å². The molecule has 4 amide bonds. The van der Waals surface area contributed by atoms with Crippen LogP contribution in [0, 0.1) is 0 Å². The molecule has 2 aromatic carbocycles. The Labute approximate surface area is 157 Å². The molecule has 2 aliphatic heterocycles. The summed E-state index contributed by atoms with van der Waals surface area (Å²) >= 11 is 0. The van der Waals surface area contributed by atoms with Crippen LogP contribution in [0.25, 0.3) is 0 Å². The van der Waals surface area contributed by atoms with Crippen LogP contribution in [0.1, 0.15) is 27.9 Å². The number of hydrogen-bond acceptors (Lipinski definition) is 3. The number of anilines is 1. The Bertz CT molecular complexity index is 882. The number of nitrogens with one attached hydrogen (secondary N) is 1. The van der Waals surface area contributed by atoms with Gasteiger partial charge in [0.05, 0.1) is 11.3 Å². The Balaban J connectivity index is 1.58. The van der Waals surface area contributed by atoms with E-state index in [2.05, 4.69) is 17.4 Å². The highest BCUT2D eigenvalue weighted by atomic mass is 16.2. The Kier molecular flexibility index (Phi) is 4.62. The first-order valence-corrected chi connectivity index (χ1v) is 9.20. The van der Waals surface area contributed by atoms with Gasteiger partial charge < -0.3 is 4.90 Å². The number of imide groups is 1. The third-order valence-electron chi connectivity index (χ3n) is 5.19. The van der Waals surface area contributed by atoms with E-state index in [0.717, 1.165) is 12.8 Å². The summed E-state index contributed by atoms with van der Waals surface area (Å²) in [5, 5.41) is 2.32. The smallest absolute Gasteiger partial charge is 0.328 e. The molecule has 4 rings (SSSR count). The lowest BCUT2D eigenvalue weighted by atomic mass is 10.0. The second-order valence-corrected chi connectivity index (χ2v) is 6.83. The lowest BCUT2D eigenvalue weighted by Gasteiger charge is -2.29. The van der Waals surface area contributed by atoms with E-state index >= 15 is 0 Å². The highest BCUT2D eigenvalue weighted by Gasteiger charge is 2.29. The standard InChI is InChI=1S/C21H21N3O3/c25-19-11-14-24(21(27)22-19)18-8-4-3-7-17(18)20(26)23-12-9-15-5-1-2-6-16(15)10-13-23/h1-8H,9-14H2,(H,22,25,27). The summed E-state index contributed by atoms with van der Waals surface area (Å²) in [7, 11) is 0. The number of nitrogens with zero attached hydrogens (tertiary/aromatic N) is 2. The van der Waals surface area contributed by atoms with E-state index in [4.69, 9.17) is 0 Å². The van der Waals surface area contributed by atoms with Crippen molar-refractivity contribution in [3.63, 3.8) is 0 Å².